The second kappa shape index (κ2) is 6.54. The highest BCUT2D eigenvalue weighted by Crippen LogP contribution is 2.12. The Kier molecular flexibility index (Phi) is 5.34. The fourth-order valence-corrected chi connectivity index (χ4v) is 1.57. The van der Waals surface area contributed by atoms with Crippen molar-refractivity contribution in [3.05, 3.63) is 35.4 Å². The van der Waals surface area contributed by atoms with Gasteiger partial charge in [0, 0.05) is 5.56 Å². The zero-order valence-electron chi connectivity index (χ0n) is 10.2. The van der Waals surface area contributed by atoms with Gasteiger partial charge in [0.05, 0.1) is 13.1 Å². The van der Waals surface area contributed by atoms with Crippen LogP contribution in [0.15, 0.2) is 24.3 Å². The molecule has 0 spiro atoms. The number of aryl methyl sites for hydroxylation is 1. The number of hydrogen-bond donors (Lipinski definition) is 1. The zero-order chi connectivity index (χ0) is 13.6. The van der Waals surface area contributed by atoms with E-state index in [1.807, 2.05) is 12.1 Å². The average Bonchev–Trinajstić information content (AvgIpc) is 2.28. The Balaban J connectivity index is 2.46. The van der Waals surface area contributed by atoms with Crippen LogP contribution in [0, 0.1) is 0 Å². The number of halogens is 3. The molecule has 0 bridgehead atoms. The molecule has 0 aliphatic carbocycles. The van der Waals surface area contributed by atoms with Gasteiger partial charge in [0.25, 0.3) is 0 Å². The highest BCUT2D eigenvalue weighted by molar-refractivity contribution is 5.97. The van der Waals surface area contributed by atoms with Crippen LogP contribution in [0.25, 0.3) is 0 Å². The molecule has 1 rings (SSSR count). The number of carbonyl (C=O) groups excluding carboxylic acids is 1. The number of Topliss-reactive ketones (excluding diaryl/α,β-unsaturated/α-hetero) is 1. The molecule has 1 aromatic carbocycles. The Morgan fingerprint density at radius 2 is 1.83 bits per heavy atom. The van der Waals surface area contributed by atoms with Gasteiger partial charge in [-0.05, 0) is 12.0 Å². The summed E-state index contributed by atoms with van der Waals surface area (Å²) >= 11 is 0. The van der Waals surface area contributed by atoms with Crippen molar-refractivity contribution in [2.45, 2.75) is 25.9 Å². The smallest absolute Gasteiger partial charge is 0.302 e. The SMILES string of the molecule is CCCc1ccc(C(=O)CNCC(F)(F)F)cc1. The first kappa shape index (κ1) is 14.7. The third kappa shape index (κ3) is 5.31. The largest absolute Gasteiger partial charge is 0.401 e. The Labute approximate surface area is 104 Å². The van der Waals surface area contributed by atoms with Gasteiger partial charge in [-0.15, -0.1) is 0 Å². The Morgan fingerprint density at radius 1 is 1.22 bits per heavy atom. The molecule has 0 aromatic heterocycles. The van der Waals surface area contributed by atoms with Crippen molar-refractivity contribution >= 4 is 5.78 Å². The van der Waals surface area contributed by atoms with Gasteiger partial charge in [-0.25, -0.2) is 0 Å². The van der Waals surface area contributed by atoms with Gasteiger partial charge in [-0.2, -0.15) is 13.2 Å². The van der Waals surface area contributed by atoms with Crippen LogP contribution in [-0.4, -0.2) is 25.0 Å². The highest BCUT2D eigenvalue weighted by atomic mass is 19.4. The van der Waals surface area contributed by atoms with Crippen molar-refractivity contribution in [1.29, 1.82) is 0 Å². The second-order valence-corrected chi connectivity index (χ2v) is 4.09. The monoisotopic (exact) mass is 259 g/mol. The fraction of sp³-hybridized carbons (Fsp3) is 0.462. The van der Waals surface area contributed by atoms with Crippen molar-refractivity contribution in [3.63, 3.8) is 0 Å². The quantitative estimate of drug-likeness (QED) is 0.796. The number of rotatable bonds is 6. The molecule has 100 valence electrons. The molecule has 1 aromatic rings. The fourth-order valence-electron chi connectivity index (χ4n) is 1.57. The lowest BCUT2D eigenvalue weighted by Gasteiger charge is -2.07. The number of alkyl halides is 3. The van der Waals surface area contributed by atoms with Gasteiger partial charge in [0.15, 0.2) is 5.78 Å². The summed E-state index contributed by atoms with van der Waals surface area (Å²) in [6, 6.07) is 6.98. The maximum Gasteiger partial charge on any atom is 0.401 e. The number of hydrogen-bond acceptors (Lipinski definition) is 2. The van der Waals surface area contributed by atoms with Crippen LogP contribution in [0.5, 0.6) is 0 Å². The molecule has 0 radical (unpaired) electrons. The Morgan fingerprint density at radius 3 is 2.33 bits per heavy atom. The zero-order valence-corrected chi connectivity index (χ0v) is 10.2. The van der Waals surface area contributed by atoms with Crippen molar-refractivity contribution in [2.75, 3.05) is 13.1 Å². The van der Waals surface area contributed by atoms with E-state index in [0.717, 1.165) is 18.4 Å². The van der Waals surface area contributed by atoms with Crippen molar-refractivity contribution in [1.82, 2.24) is 5.32 Å². The summed E-state index contributed by atoms with van der Waals surface area (Å²) in [5.74, 6) is -0.331. The molecule has 2 nitrogen and oxygen atoms in total. The van der Waals surface area contributed by atoms with E-state index in [0.29, 0.717) is 5.56 Å². The Hall–Kier alpha value is -1.36. The second-order valence-electron chi connectivity index (χ2n) is 4.09. The molecule has 0 saturated heterocycles. The van der Waals surface area contributed by atoms with Gasteiger partial charge in [0.2, 0.25) is 0 Å². The first-order chi connectivity index (χ1) is 8.42. The molecule has 0 aliphatic heterocycles. The van der Waals surface area contributed by atoms with Crippen LogP contribution in [0.2, 0.25) is 0 Å². The lowest BCUT2D eigenvalue weighted by Crippen LogP contribution is -2.32. The molecule has 0 amide bonds. The van der Waals surface area contributed by atoms with Gasteiger partial charge in [0.1, 0.15) is 0 Å². The maximum atomic E-state index is 11.9. The number of nitrogens with one attached hydrogen (secondary N) is 1. The van der Waals surface area contributed by atoms with E-state index >= 15 is 0 Å². The minimum absolute atomic E-state index is 0.299. The van der Waals surface area contributed by atoms with Crippen LogP contribution < -0.4 is 5.32 Å². The summed E-state index contributed by atoms with van der Waals surface area (Å²) in [4.78, 5) is 11.6. The van der Waals surface area contributed by atoms with E-state index in [1.165, 1.54) is 0 Å². The van der Waals surface area contributed by atoms with E-state index in [4.69, 9.17) is 0 Å². The molecular formula is C13H16F3NO. The molecule has 18 heavy (non-hydrogen) atoms. The predicted molar refractivity (Wildman–Crippen MR) is 63.7 cm³/mol. The standard InChI is InChI=1S/C13H16F3NO/c1-2-3-10-4-6-11(7-5-10)12(18)8-17-9-13(14,15)16/h4-7,17H,2-3,8-9H2,1H3. The minimum Gasteiger partial charge on any atom is -0.302 e. The first-order valence-electron chi connectivity index (χ1n) is 5.82. The van der Waals surface area contributed by atoms with Gasteiger partial charge in [-0.1, -0.05) is 37.6 Å². The van der Waals surface area contributed by atoms with Crippen LogP contribution in [0.4, 0.5) is 13.2 Å². The van der Waals surface area contributed by atoms with Gasteiger partial charge < -0.3 is 5.32 Å². The molecule has 1 N–H and O–H groups in total. The van der Waals surface area contributed by atoms with Crippen LogP contribution in [-0.2, 0) is 6.42 Å². The normalized spacial score (nSPS) is 11.6. The molecule has 0 atom stereocenters. The van der Waals surface area contributed by atoms with E-state index in [-0.39, 0.29) is 12.3 Å². The predicted octanol–water partition coefficient (Wildman–Crippen LogP) is 2.97. The van der Waals surface area contributed by atoms with Crippen molar-refractivity contribution < 1.29 is 18.0 Å². The van der Waals surface area contributed by atoms with Crippen LogP contribution in [0.3, 0.4) is 0 Å². The summed E-state index contributed by atoms with van der Waals surface area (Å²) < 4.78 is 35.6. The maximum absolute atomic E-state index is 11.9. The first-order valence-corrected chi connectivity index (χ1v) is 5.82. The van der Waals surface area contributed by atoms with E-state index in [9.17, 15) is 18.0 Å². The molecule has 0 heterocycles. The molecule has 0 saturated carbocycles. The van der Waals surface area contributed by atoms with Gasteiger partial charge >= 0.3 is 6.18 Å². The highest BCUT2D eigenvalue weighted by Gasteiger charge is 2.26. The molecule has 5 heteroatoms. The van der Waals surface area contributed by atoms with Crippen LogP contribution in [0.1, 0.15) is 29.3 Å². The number of benzene rings is 1. The summed E-state index contributed by atoms with van der Waals surface area (Å²) in [6.07, 6.45) is -2.34. The summed E-state index contributed by atoms with van der Waals surface area (Å²) in [5.41, 5.74) is 1.56. The van der Waals surface area contributed by atoms with E-state index in [1.54, 1.807) is 12.1 Å². The third-order valence-electron chi connectivity index (χ3n) is 2.43. The molecule has 0 fully saturated rings. The third-order valence-corrected chi connectivity index (χ3v) is 2.43. The average molecular weight is 259 g/mol. The topological polar surface area (TPSA) is 29.1 Å². The lowest BCUT2D eigenvalue weighted by molar-refractivity contribution is -0.124. The molecule has 0 aliphatic rings. The number of carbonyl (C=O) groups is 1. The Bertz CT molecular complexity index is 384. The molecular weight excluding hydrogens is 243 g/mol. The van der Waals surface area contributed by atoms with E-state index < -0.39 is 12.7 Å². The summed E-state index contributed by atoms with van der Waals surface area (Å²) in [7, 11) is 0. The summed E-state index contributed by atoms with van der Waals surface area (Å²) in [5, 5.41) is 2.09. The lowest BCUT2D eigenvalue weighted by atomic mass is 10.1. The minimum atomic E-state index is -4.29. The van der Waals surface area contributed by atoms with Crippen molar-refractivity contribution in [3.8, 4) is 0 Å². The number of ketones is 1. The van der Waals surface area contributed by atoms with Crippen molar-refractivity contribution in [2.24, 2.45) is 0 Å². The van der Waals surface area contributed by atoms with Gasteiger partial charge in [-0.3, -0.25) is 4.79 Å². The van der Waals surface area contributed by atoms with Crippen LogP contribution >= 0.6 is 0 Å². The summed E-state index contributed by atoms with van der Waals surface area (Å²) in [6.45, 7) is 0.611. The van der Waals surface area contributed by atoms with E-state index in [2.05, 4.69) is 12.2 Å². The molecule has 0 unspecified atom stereocenters.